The number of methoxy groups -OCH3 is 1. The maximum atomic E-state index is 12.1. The van der Waals surface area contributed by atoms with E-state index in [1.807, 2.05) is 0 Å². The first kappa shape index (κ1) is 17.6. The van der Waals surface area contributed by atoms with Crippen molar-refractivity contribution >= 4 is 15.9 Å². The highest BCUT2D eigenvalue weighted by atomic mass is 32.2. The molecule has 0 saturated heterocycles. The average molecular weight is 316 g/mol. The number of hydrogen-bond acceptors (Lipinski definition) is 5. The molecule has 4 N–H and O–H groups in total. The summed E-state index contributed by atoms with van der Waals surface area (Å²) in [4.78, 5) is 11.2. The Labute approximate surface area is 124 Å². The van der Waals surface area contributed by atoms with Crippen LogP contribution in [0.25, 0.3) is 0 Å². The number of nitrogens with two attached hydrogens (primary N) is 1. The van der Waals surface area contributed by atoms with Crippen molar-refractivity contribution in [3.05, 3.63) is 29.3 Å². The SMILES string of the molecule is COCC(O)CCNS(=O)(=O)c1ccc(C)c(C(N)=O)c1. The van der Waals surface area contributed by atoms with Gasteiger partial charge in [0.2, 0.25) is 15.9 Å². The second-order valence-electron chi connectivity index (χ2n) is 4.64. The van der Waals surface area contributed by atoms with Crippen LogP contribution in [-0.2, 0) is 14.8 Å². The summed E-state index contributed by atoms with van der Waals surface area (Å²) in [6.45, 7) is 1.87. The normalized spacial score (nSPS) is 13.1. The van der Waals surface area contributed by atoms with Gasteiger partial charge in [0, 0.05) is 19.2 Å². The molecule has 8 heteroatoms. The molecule has 1 rings (SSSR count). The number of aliphatic hydroxyl groups is 1. The monoisotopic (exact) mass is 316 g/mol. The molecular weight excluding hydrogens is 296 g/mol. The molecular formula is C13H20N2O5S. The number of carbonyl (C=O) groups excluding carboxylic acids is 1. The fourth-order valence-corrected chi connectivity index (χ4v) is 2.83. The highest BCUT2D eigenvalue weighted by Gasteiger charge is 2.17. The van der Waals surface area contributed by atoms with Gasteiger partial charge in [0.25, 0.3) is 0 Å². The molecule has 0 radical (unpaired) electrons. The summed E-state index contributed by atoms with van der Waals surface area (Å²) >= 11 is 0. The van der Waals surface area contributed by atoms with E-state index in [-0.39, 0.29) is 30.0 Å². The Balaban J connectivity index is 2.79. The van der Waals surface area contributed by atoms with Crippen LogP contribution in [0, 0.1) is 6.92 Å². The number of aliphatic hydroxyl groups excluding tert-OH is 1. The highest BCUT2D eigenvalue weighted by molar-refractivity contribution is 7.89. The number of hydrogen-bond donors (Lipinski definition) is 3. The van der Waals surface area contributed by atoms with E-state index in [9.17, 15) is 18.3 Å². The second-order valence-corrected chi connectivity index (χ2v) is 6.40. The maximum Gasteiger partial charge on any atom is 0.249 e. The van der Waals surface area contributed by atoms with E-state index in [1.165, 1.54) is 25.3 Å². The van der Waals surface area contributed by atoms with Crippen LogP contribution < -0.4 is 10.5 Å². The standard InChI is InChI=1S/C13H20N2O5S/c1-9-3-4-11(7-12(9)13(14)17)21(18,19)15-6-5-10(16)8-20-2/h3-4,7,10,15-16H,5-6,8H2,1-2H3,(H2,14,17). The van der Waals surface area contributed by atoms with Gasteiger partial charge in [-0.3, -0.25) is 4.79 Å². The molecule has 0 bridgehead atoms. The summed E-state index contributed by atoms with van der Waals surface area (Å²) in [6, 6.07) is 4.16. The third-order valence-corrected chi connectivity index (χ3v) is 4.37. The van der Waals surface area contributed by atoms with Crippen molar-refractivity contribution in [3.8, 4) is 0 Å². The summed E-state index contributed by atoms with van der Waals surface area (Å²) in [5.74, 6) is -0.680. The van der Waals surface area contributed by atoms with Crippen molar-refractivity contribution in [1.82, 2.24) is 4.72 Å². The number of ether oxygens (including phenoxy) is 1. The second kappa shape index (κ2) is 7.51. The Morgan fingerprint density at radius 2 is 2.14 bits per heavy atom. The molecule has 0 aliphatic heterocycles. The maximum absolute atomic E-state index is 12.1. The fourth-order valence-electron chi connectivity index (χ4n) is 1.75. The van der Waals surface area contributed by atoms with Gasteiger partial charge < -0.3 is 15.6 Å². The molecule has 1 amide bonds. The smallest absolute Gasteiger partial charge is 0.249 e. The first-order valence-electron chi connectivity index (χ1n) is 6.35. The molecule has 0 spiro atoms. The van der Waals surface area contributed by atoms with Crippen LogP contribution in [0.5, 0.6) is 0 Å². The van der Waals surface area contributed by atoms with Crippen LogP contribution in [0.2, 0.25) is 0 Å². The fraction of sp³-hybridized carbons (Fsp3) is 0.462. The Kier molecular flexibility index (Phi) is 6.28. The number of aryl methyl sites for hydroxylation is 1. The van der Waals surface area contributed by atoms with Crippen molar-refractivity contribution in [2.24, 2.45) is 5.73 Å². The minimum absolute atomic E-state index is 0.0388. The van der Waals surface area contributed by atoms with Crippen molar-refractivity contribution in [2.75, 3.05) is 20.3 Å². The average Bonchev–Trinajstić information content (AvgIpc) is 2.38. The Hall–Kier alpha value is -1.48. The Bertz CT molecular complexity index is 601. The largest absolute Gasteiger partial charge is 0.391 e. The number of nitrogens with one attached hydrogen (secondary N) is 1. The molecule has 118 valence electrons. The molecule has 0 fully saturated rings. The van der Waals surface area contributed by atoms with Crippen LogP contribution in [0.4, 0.5) is 0 Å². The van der Waals surface area contributed by atoms with Gasteiger partial charge in [0.05, 0.1) is 17.6 Å². The molecule has 0 heterocycles. The minimum atomic E-state index is -3.75. The Morgan fingerprint density at radius 1 is 1.48 bits per heavy atom. The molecule has 1 atom stereocenters. The van der Waals surface area contributed by atoms with E-state index in [2.05, 4.69) is 4.72 Å². The molecule has 1 unspecified atom stereocenters. The van der Waals surface area contributed by atoms with Gasteiger partial charge in [0.15, 0.2) is 0 Å². The topological polar surface area (TPSA) is 119 Å². The van der Waals surface area contributed by atoms with E-state index >= 15 is 0 Å². The third-order valence-electron chi connectivity index (χ3n) is 2.91. The lowest BCUT2D eigenvalue weighted by Gasteiger charge is -2.11. The van der Waals surface area contributed by atoms with Gasteiger partial charge in [-0.2, -0.15) is 0 Å². The van der Waals surface area contributed by atoms with Crippen molar-refractivity contribution in [3.63, 3.8) is 0 Å². The minimum Gasteiger partial charge on any atom is -0.391 e. The van der Waals surface area contributed by atoms with E-state index < -0.39 is 22.0 Å². The molecule has 0 aromatic heterocycles. The molecule has 1 aromatic carbocycles. The van der Waals surface area contributed by atoms with Crippen molar-refractivity contribution in [1.29, 1.82) is 0 Å². The van der Waals surface area contributed by atoms with Crippen molar-refractivity contribution < 1.29 is 23.1 Å². The van der Waals surface area contributed by atoms with Crippen molar-refractivity contribution in [2.45, 2.75) is 24.3 Å². The third kappa shape index (κ3) is 5.09. The molecule has 0 saturated carbocycles. The summed E-state index contributed by atoms with van der Waals surface area (Å²) in [7, 11) is -2.30. The lowest BCUT2D eigenvalue weighted by atomic mass is 10.1. The number of carbonyl (C=O) groups is 1. The number of sulfonamides is 1. The lowest BCUT2D eigenvalue weighted by Crippen LogP contribution is -2.29. The van der Waals surface area contributed by atoms with Crippen LogP contribution in [0.3, 0.4) is 0 Å². The first-order chi connectivity index (χ1) is 9.77. The van der Waals surface area contributed by atoms with Gasteiger partial charge in [-0.25, -0.2) is 13.1 Å². The Morgan fingerprint density at radius 3 is 2.71 bits per heavy atom. The summed E-state index contributed by atoms with van der Waals surface area (Å²) < 4.78 is 31.3. The van der Waals surface area contributed by atoms with Gasteiger partial charge in [-0.05, 0) is 31.0 Å². The summed E-state index contributed by atoms with van der Waals surface area (Å²) in [5.41, 5.74) is 5.97. The number of benzene rings is 1. The van der Waals surface area contributed by atoms with Gasteiger partial charge in [-0.1, -0.05) is 6.07 Å². The molecule has 21 heavy (non-hydrogen) atoms. The highest BCUT2D eigenvalue weighted by Crippen LogP contribution is 2.15. The first-order valence-corrected chi connectivity index (χ1v) is 7.83. The van der Waals surface area contributed by atoms with Gasteiger partial charge in [0.1, 0.15) is 0 Å². The lowest BCUT2D eigenvalue weighted by molar-refractivity contribution is 0.0603. The predicted molar refractivity (Wildman–Crippen MR) is 77.4 cm³/mol. The zero-order valence-electron chi connectivity index (χ0n) is 12.0. The van der Waals surface area contributed by atoms with Crippen LogP contribution >= 0.6 is 0 Å². The molecule has 1 aromatic rings. The van der Waals surface area contributed by atoms with Gasteiger partial charge in [-0.15, -0.1) is 0 Å². The quantitative estimate of drug-likeness (QED) is 0.612. The summed E-state index contributed by atoms with van der Waals surface area (Å²) in [6.07, 6.45) is -0.515. The van der Waals surface area contributed by atoms with Crippen LogP contribution in [-0.4, -0.2) is 45.8 Å². The number of primary amides is 1. The predicted octanol–water partition coefficient (Wildman–Crippen LogP) is -0.230. The zero-order valence-corrected chi connectivity index (χ0v) is 12.8. The zero-order chi connectivity index (χ0) is 16.0. The van der Waals surface area contributed by atoms with E-state index in [1.54, 1.807) is 6.92 Å². The number of rotatable bonds is 8. The van der Waals surface area contributed by atoms with E-state index in [0.29, 0.717) is 5.56 Å². The van der Waals surface area contributed by atoms with Crippen LogP contribution in [0.1, 0.15) is 22.3 Å². The van der Waals surface area contributed by atoms with E-state index in [4.69, 9.17) is 10.5 Å². The van der Waals surface area contributed by atoms with E-state index in [0.717, 1.165) is 0 Å². The van der Waals surface area contributed by atoms with Crippen LogP contribution in [0.15, 0.2) is 23.1 Å². The summed E-state index contributed by atoms with van der Waals surface area (Å²) in [5, 5.41) is 9.45. The molecule has 0 aliphatic carbocycles. The number of amides is 1. The van der Waals surface area contributed by atoms with Gasteiger partial charge >= 0.3 is 0 Å². The molecule has 0 aliphatic rings. The molecule has 7 nitrogen and oxygen atoms in total.